The molecule has 0 aromatic heterocycles. The lowest BCUT2D eigenvalue weighted by Crippen LogP contribution is -2.32. The van der Waals surface area contributed by atoms with Crippen LogP contribution in [0.2, 0.25) is 0 Å². The zero-order chi connectivity index (χ0) is 21.2. The van der Waals surface area contributed by atoms with Gasteiger partial charge < -0.3 is 14.7 Å². The molecule has 156 valence electrons. The summed E-state index contributed by atoms with van der Waals surface area (Å²) in [5.74, 6) is 1.99. The Labute approximate surface area is 173 Å². The molecule has 5 heteroatoms. The van der Waals surface area contributed by atoms with Crippen LogP contribution in [0.15, 0.2) is 53.3 Å². The Kier molecular flexibility index (Phi) is 8.91. The van der Waals surface area contributed by atoms with Crippen molar-refractivity contribution >= 4 is 11.7 Å². The number of ether oxygens (including phenoxy) is 1. The van der Waals surface area contributed by atoms with Crippen molar-refractivity contribution in [3.63, 3.8) is 0 Å². The first-order chi connectivity index (χ1) is 14.1. The predicted octanol–water partition coefficient (Wildman–Crippen LogP) is 4.11. The number of aliphatic hydroxyl groups excluding tert-OH is 1. The van der Waals surface area contributed by atoms with Gasteiger partial charge in [0.2, 0.25) is 0 Å². The summed E-state index contributed by atoms with van der Waals surface area (Å²) in [5.41, 5.74) is 1.24. The van der Waals surface area contributed by atoms with Gasteiger partial charge in [0.1, 0.15) is 17.8 Å². The number of hydrogen-bond donors (Lipinski definition) is 1. The van der Waals surface area contributed by atoms with Crippen LogP contribution in [0.5, 0.6) is 5.75 Å². The van der Waals surface area contributed by atoms with Gasteiger partial charge in [-0.05, 0) is 38.5 Å². The van der Waals surface area contributed by atoms with E-state index in [1.807, 2.05) is 30.8 Å². The summed E-state index contributed by atoms with van der Waals surface area (Å²) in [4.78, 5) is 26.7. The highest BCUT2D eigenvalue weighted by Crippen LogP contribution is 2.30. The number of hydrogen-bond acceptors (Lipinski definition) is 5. The number of para-hydroxylation sites is 1. The van der Waals surface area contributed by atoms with Crippen LogP contribution in [-0.2, 0) is 4.79 Å². The Bertz CT molecular complexity index is 814. The van der Waals surface area contributed by atoms with Crippen LogP contribution < -0.4 is 4.74 Å². The molecular formula is C24H31NO4. The summed E-state index contributed by atoms with van der Waals surface area (Å²) in [6, 6.07) is 7.03. The molecule has 0 fully saturated rings. The third kappa shape index (κ3) is 5.47. The second-order valence-electron chi connectivity index (χ2n) is 7.00. The maximum absolute atomic E-state index is 13.1. The third-order valence-electron chi connectivity index (χ3n) is 5.13. The SMILES string of the molecule is CCCCCCOc1ccccc1C(=O)C1=CC=C(N(CC)CC)C(=C=O)C1O. The minimum Gasteiger partial charge on any atom is -0.493 e. The van der Waals surface area contributed by atoms with Gasteiger partial charge in [0, 0.05) is 18.7 Å². The van der Waals surface area contributed by atoms with Crippen molar-refractivity contribution < 1.29 is 19.4 Å². The van der Waals surface area contributed by atoms with Gasteiger partial charge in [0.25, 0.3) is 0 Å². The number of ketones is 1. The summed E-state index contributed by atoms with van der Waals surface area (Å²) in [6.07, 6.45) is 6.32. The van der Waals surface area contributed by atoms with Gasteiger partial charge in [0.05, 0.1) is 23.4 Å². The lowest BCUT2D eigenvalue weighted by atomic mass is 9.88. The van der Waals surface area contributed by atoms with Crippen molar-refractivity contribution in [2.75, 3.05) is 19.7 Å². The molecule has 0 saturated heterocycles. The molecule has 1 aromatic rings. The molecule has 0 saturated carbocycles. The summed E-state index contributed by atoms with van der Waals surface area (Å²) in [7, 11) is 0. The summed E-state index contributed by atoms with van der Waals surface area (Å²) in [6.45, 7) is 8.00. The van der Waals surface area contributed by atoms with Crippen LogP contribution in [0.3, 0.4) is 0 Å². The molecule has 0 spiro atoms. The molecule has 0 radical (unpaired) electrons. The molecule has 0 bridgehead atoms. The Balaban J connectivity index is 2.27. The second kappa shape index (κ2) is 11.4. The van der Waals surface area contributed by atoms with Crippen molar-refractivity contribution in [1.82, 2.24) is 4.90 Å². The highest BCUT2D eigenvalue weighted by molar-refractivity contribution is 6.12. The fraction of sp³-hybridized carbons (Fsp3) is 0.458. The van der Waals surface area contributed by atoms with E-state index in [9.17, 15) is 14.7 Å². The highest BCUT2D eigenvalue weighted by atomic mass is 16.5. The largest absolute Gasteiger partial charge is 0.493 e. The average Bonchev–Trinajstić information content (AvgIpc) is 2.74. The van der Waals surface area contributed by atoms with Gasteiger partial charge in [-0.2, -0.15) is 0 Å². The first kappa shape index (κ1) is 22.7. The number of likely N-dealkylation sites (N-methyl/N-ethyl adjacent to an activating group) is 1. The van der Waals surface area contributed by atoms with Crippen LogP contribution >= 0.6 is 0 Å². The number of nitrogens with zero attached hydrogens (tertiary/aromatic N) is 1. The van der Waals surface area contributed by atoms with E-state index in [2.05, 4.69) is 6.92 Å². The molecule has 0 aliphatic heterocycles. The minimum atomic E-state index is -1.31. The lowest BCUT2D eigenvalue weighted by molar-refractivity contribution is 0.0994. The monoisotopic (exact) mass is 397 g/mol. The maximum Gasteiger partial charge on any atom is 0.195 e. The van der Waals surface area contributed by atoms with E-state index >= 15 is 0 Å². The van der Waals surface area contributed by atoms with Crippen molar-refractivity contribution in [3.05, 3.63) is 58.8 Å². The minimum absolute atomic E-state index is 0.0949. The van der Waals surface area contributed by atoms with E-state index in [4.69, 9.17) is 4.74 Å². The van der Waals surface area contributed by atoms with E-state index in [1.165, 1.54) is 0 Å². The van der Waals surface area contributed by atoms with Crippen LogP contribution in [0, 0.1) is 0 Å². The number of benzene rings is 1. The Morgan fingerprint density at radius 3 is 2.48 bits per heavy atom. The van der Waals surface area contributed by atoms with Crippen molar-refractivity contribution in [2.45, 2.75) is 52.6 Å². The van der Waals surface area contributed by atoms with Crippen LogP contribution in [0.4, 0.5) is 0 Å². The van der Waals surface area contributed by atoms with E-state index < -0.39 is 6.10 Å². The van der Waals surface area contributed by atoms with Crippen molar-refractivity contribution in [1.29, 1.82) is 0 Å². The average molecular weight is 398 g/mol. The van der Waals surface area contributed by atoms with Crippen LogP contribution in [0.1, 0.15) is 56.8 Å². The zero-order valence-corrected chi connectivity index (χ0v) is 17.6. The molecule has 0 amide bonds. The summed E-state index contributed by atoms with van der Waals surface area (Å²) >= 11 is 0. The van der Waals surface area contributed by atoms with Gasteiger partial charge in [-0.1, -0.05) is 44.4 Å². The molecule has 1 aromatic carbocycles. The Hall–Kier alpha value is -2.62. The van der Waals surface area contributed by atoms with Gasteiger partial charge in [0.15, 0.2) is 5.78 Å². The number of aliphatic hydroxyl groups is 1. The third-order valence-corrected chi connectivity index (χ3v) is 5.13. The molecule has 1 aliphatic carbocycles. The highest BCUT2D eigenvalue weighted by Gasteiger charge is 2.31. The molecule has 1 unspecified atom stereocenters. The number of rotatable bonds is 11. The number of carbonyl (C=O) groups excluding carboxylic acids is 2. The molecule has 29 heavy (non-hydrogen) atoms. The molecule has 5 nitrogen and oxygen atoms in total. The van der Waals surface area contributed by atoms with E-state index in [0.29, 0.717) is 36.7 Å². The molecule has 1 N–H and O–H groups in total. The van der Waals surface area contributed by atoms with Gasteiger partial charge in [-0.15, -0.1) is 0 Å². The molecule has 0 heterocycles. The number of carbonyl (C=O) groups is 1. The predicted molar refractivity (Wildman–Crippen MR) is 115 cm³/mol. The molecular weight excluding hydrogens is 366 g/mol. The quantitative estimate of drug-likeness (QED) is 0.346. The number of allylic oxidation sites excluding steroid dienone is 2. The maximum atomic E-state index is 13.1. The molecule has 1 atom stereocenters. The number of Topliss-reactive ketones (excluding diaryl/α,β-unsaturated/α-hetero) is 1. The van der Waals surface area contributed by atoms with Gasteiger partial charge in [-0.3, -0.25) is 4.79 Å². The lowest BCUT2D eigenvalue weighted by Gasteiger charge is -2.29. The molecule has 2 rings (SSSR count). The van der Waals surface area contributed by atoms with E-state index in [-0.39, 0.29) is 16.9 Å². The Morgan fingerprint density at radius 1 is 1.10 bits per heavy atom. The summed E-state index contributed by atoms with van der Waals surface area (Å²) in [5, 5.41) is 10.7. The van der Waals surface area contributed by atoms with Crippen LogP contribution in [-0.4, -0.2) is 47.5 Å². The van der Waals surface area contributed by atoms with Crippen molar-refractivity contribution in [2.24, 2.45) is 0 Å². The summed E-state index contributed by atoms with van der Waals surface area (Å²) < 4.78 is 5.84. The normalized spacial score (nSPS) is 16.0. The van der Waals surface area contributed by atoms with E-state index in [0.717, 1.165) is 25.7 Å². The standard InChI is InChI=1S/C24H31NO4/c1-4-7-8-11-16-29-22-13-10-9-12-18(22)23(27)19-14-15-21(25(5-2)6-3)20(17-26)24(19)28/h9-10,12-15,24,28H,4-8,11,16H2,1-3H3. The van der Waals surface area contributed by atoms with Gasteiger partial charge in [-0.25, -0.2) is 4.79 Å². The van der Waals surface area contributed by atoms with Crippen molar-refractivity contribution in [3.8, 4) is 5.75 Å². The van der Waals surface area contributed by atoms with E-state index in [1.54, 1.807) is 30.4 Å². The fourth-order valence-corrected chi connectivity index (χ4v) is 3.44. The molecule has 1 aliphatic rings. The fourth-order valence-electron chi connectivity index (χ4n) is 3.44. The number of unbranched alkanes of at least 4 members (excludes halogenated alkanes) is 3. The second-order valence-corrected chi connectivity index (χ2v) is 7.00. The zero-order valence-electron chi connectivity index (χ0n) is 17.6. The smallest absolute Gasteiger partial charge is 0.195 e. The first-order valence-corrected chi connectivity index (χ1v) is 10.5. The van der Waals surface area contributed by atoms with Gasteiger partial charge >= 0.3 is 0 Å². The topological polar surface area (TPSA) is 66.8 Å². The first-order valence-electron chi connectivity index (χ1n) is 10.5. The Morgan fingerprint density at radius 2 is 1.83 bits per heavy atom. The van der Waals surface area contributed by atoms with Crippen LogP contribution in [0.25, 0.3) is 0 Å².